The number of rotatable bonds is 4. The number of hydrogen-bond acceptors (Lipinski definition) is 5. The highest BCUT2D eigenvalue weighted by molar-refractivity contribution is 7.98. The zero-order valence-electron chi connectivity index (χ0n) is 15.0. The average Bonchev–Trinajstić information content (AvgIpc) is 2.86. The Morgan fingerprint density at radius 2 is 2.00 bits per heavy atom. The highest BCUT2D eigenvalue weighted by Gasteiger charge is 2.55. The lowest BCUT2D eigenvalue weighted by atomic mass is 9.80. The minimum absolute atomic E-state index is 0.0391. The molecule has 1 aromatic rings. The third kappa shape index (κ3) is 2.95. The summed E-state index contributed by atoms with van der Waals surface area (Å²) in [6, 6.07) is 0.0391. The van der Waals surface area contributed by atoms with Crippen LogP contribution in [0.3, 0.4) is 0 Å². The largest absolute Gasteiger partial charge is 0.326 e. The van der Waals surface area contributed by atoms with E-state index in [-0.39, 0.29) is 17.9 Å². The van der Waals surface area contributed by atoms with E-state index in [4.69, 9.17) is 0 Å². The van der Waals surface area contributed by atoms with Gasteiger partial charge in [0.1, 0.15) is 11.2 Å². The molecule has 2 unspecified atom stereocenters. The van der Waals surface area contributed by atoms with E-state index >= 15 is 0 Å². The Morgan fingerprint density at radius 1 is 1.28 bits per heavy atom. The van der Waals surface area contributed by atoms with Crippen LogP contribution in [0.1, 0.15) is 45.1 Å². The van der Waals surface area contributed by atoms with Gasteiger partial charge in [-0.15, -0.1) is 0 Å². The number of aryl methyl sites for hydroxylation is 1. The summed E-state index contributed by atoms with van der Waals surface area (Å²) >= 11 is 1.46. The van der Waals surface area contributed by atoms with Gasteiger partial charge in [0.2, 0.25) is 11.8 Å². The first-order valence-corrected chi connectivity index (χ1v) is 10.5. The lowest BCUT2D eigenvalue weighted by Gasteiger charge is -2.35. The predicted octanol–water partition coefficient (Wildman–Crippen LogP) is 2.68. The summed E-state index contributed by atoms with van der Waals surface area (Å²) in [4.78, 5) is 37.4. The maximum Gasteiger partial charge on any atom is 0.244 e. The van der Waals surface area contributed by atoms with E-state index in [1.165, 1.54) is 11.8 Å². The molecule has 2 amide bonds. The molecule has 0 radical (unpaired) electrons. The number of carbonyl (C=O) groups excluding carboxylic acids is 2. The first kappa shape index (κ1) is 18.6. The molecule has 1 saturated heterocycles. The Kier molecular flexibility index (Phi) is 5.35. The number of amides is 2. The zero-order valence-corrected chi connectivity index (χ0v) is 17.0. The third-order valence-electron chi connectivity index (χ3n) is 5.44. The molecule has 1 fully saturated rings. The van der Waals surface area contributed by atoms with Gasteiger partial charge in [0.15, 0.2) is 5.16 Å². The molecule has 0 aliphatic carbocycles. The van der Waals surface area contributed by atoms with Crippen LogP contribution in [0.4, 0.5) is 5.82 Å². The topological polar surface area (TPSA) is 66.4 Å². The van der Waals surface area contributed by atoms with Crippen molar-refractivity contribution in [2.75, 3.05) is 17.7 Å². The normalized spacial score (nSPS) is 23.6. The summed E-state index contributed by atoms with van der Waals surface area (Å²) in [5, 5.41) is 0.656. The second-order valence-corrected chi connectivity index (χ2v) is 8.08. The van der Waals surface area contributed by atoms with Gasteiger partial charge in [-0.1, -0.05) is 25.6 Å². The lowest BCUT2D eigenvalue weighted by Crippen LogP contribution is -2.51. The van der Waals surface area contributed by atoms with Gasteiger partial charge in [-0.05, 0) is 47.8 Å². The van der Waals surface area contributed by atoms with Crippen molar-refractivity contribution in [1.29, 1.82) is 0 Å². The van der Waals surface area contributed by atoms with Crippen molar-refractivity contribution < 1.29 is 9.59 Å². The maximum absolute atomic E-state index is 13.6. The van der Waals surface area contributed by atoms with Crippen LogP contribution in [-0.2, 0) is 16.0 Å². The fraction of sp³-hybridized carbons (Fsp3) is 0.647. The lowest BCUT2D eigenvalue weighted by molar-refractivity contribution is -0.142. The quantitative estimate of drug-likeness (QED) is 0.348. The molecular weight excluding hydrogens is 355 g/mol. The SMILES string of the molecule is CCC(CC)N1C(=O)C2(CCc3cnc(SC)nc31)CCN(P)C2=O. The monoisotopic (exact) mass is 380 g/mol. The van der Waals surface area contributed by atoms with Crippen molar-refractivity contribution in [3.05, 3.63) is 11.8 Å². The van der Waals surface area contributed by atoms with Crippen molar-refractivity contribution in [2.45, 2.75) is 57.1 Å². The van der Waals surface area contributed by atoms with Crippen LogP contribution in [0, 0.1) is 5.41 Å². The Balaban J connectivity index is 2.14. The Morgan fingerprint density at radius 3 is 2.56 bits per heavy atom. The van der Waals surface area contributed by atoms with Gasteiger partial charge < -0.3 is 4.67 Å². The fourth-order valence-corrected chi connectivity index (χ4v) is 4.58. The Labute approximate surface area is 155 Å². The van der Waals surface area contributed by atoms with Crippen molar-refractivity contribution >= 4 is 38.8 Å². The summed E-state index contributed by atoms with van der Waals surface area (Å²) in [6.07, 6.45) is 7.16. The molecule has 0 aromatic carbocycles. The van der Waals surface area contributed by atoms with Gasteiger partial charge in [0.05, 0.1) is 0 Å². The number of anilines is 1. The molecule has 6 nitrogen and oxygen atoms in total. The number of aromatic nitrogens is 2. The zero-order chi connectivity index (χ0) is 18.2. The molecule has 0 bridgehead atoms. The van der Waals surface area contributed by atoms with Crippen LogP contribution in [0.25, 0.3) is 0 Å². The van der Waals surface area contributed by atoms with Gasteiger partial charge in [-0.3, -0.25) is 14.5 Å². The van der Waals surface area contributed by atoms with Crippen LogP contribution in [0.5, 0.6) is 0 Å². The standard InChI is InChI=1S/C17H25N4O2PS/c1-4-12(5-2)21-13-11(10-18-16(19-13)25-3)6-7-17(15(21)23)8-9-20(24)14(17)22/h10,12H,4-9,24H2,1-3H3. The number of carbonyl (C=O) groups is 2. The van der Waals surface area contributed by atoms with Crippen molar-refractivity contribution in [2.24, 2.45) is 5.41 Å². The number of hydrogen-bond donors (Lipinski definition) is 0. The van der Waals surface area contributed by atoms with E-state index in [0.717, 1.165) is 18.4 Å². The highest BCUT2D eigenvalue weighted by atomic mass is 32.2. The van der Waals surface area contributed by atoms with E-state index < -0.39 is 5.41 Å². The molecule has 3 rings (SSSR count). The maximum atomic E-state index is 13.6. The van der Waals surface area contributed by atoms with Crippen LogP contribution in [0.15, 0.2) is 11.4 Å². The van der Waals surface area contributed by atoms with Gasteiger partial charge in [0.25, 0.3) is 0 Å². The first-order chi connectivity index (χ1) is 12.0. The number of nitrogens with zero attached hydrogens (tertiary/aromatic N) is 4. The van der Waals surface area contributed by atoms with E-state index in [0.29, 0.717) is 36.8 Å². The fourth-order valence-electron chi connectivity index (χ4n) is 3.86. The Hall–Kier alpha value is -1.20. The van der Waals surface area contributed by atoms with Gasteiger partial charge >= 0.3 is 0 Å². The first-order valence-electron chi connectivity index (χ1n) is 8.78. The highest BCUT2D eigenvalue weighted by Crippen LogP contribution is 2.44. The molecule has 2 aliphatic rings. The number of fused-ring (bicyclic) bond motifs is 1. The van der Waals surface area contributed by atoms with Gasteiger partial charge in [0, 0.05) is 24.3 Å². The number of thioether (sulfide) groups is 1. The molecule has 8 heteroatoms. The minimum Gasteiger partial charge on any atom is -0.326 e. The van der Waals surface area contributed by atoms with Crippen LogP contribution < -0.4 is 4.90 Å². The van der Waals surface area contributed by atoms with Crippen molar-refractivity contribution in [3.63, 3.8) is 0 Å². The molecule has 2 atom stereocenters. The molecule has 25 heavy (non-hydrogen) atoms. The summed E-state index contributed by atoms with van der Waals surface area (Å²) in [6.45, 7) is 4.76. The van der Waals surface area contributed by atoms with E-state index in [9.17, 15) is 9.59 Å². The van der Waals surface area contributed by atoms with Gasteiger partial charge in [-0.25, -0.2) is 9.97 Å². The third-order valence-corrected chi connectivity index (χ3v) is 6.49. The Bertz CT molecular complexity index is 697. The smallest absolute Gasteiger partial charge is 0.244 e. The van der Waals surface area contributed by atoms with E-state index in [1.54, 1.807) is 4.67 Å². The van der Waals surface area contributed by atoms with Crippen molar-refractivity contribution in [3.8, 4) is 0 Å². The molecule has 2 aliphatic heterocycles. The van der Waals surface area contributed by atoms with Crippen molar-refractivity contribution in [1.82, 2.24) is 14.6 Å². The van der Waals surface area contributed by atoms with Crippen LogP contribution in [-0.4, -0.2) is 45.3 Å². The van der Waals surface area contributed by atoms with Gasteiger partial charge in [-0.2, -0.15) is 0 Å². The summed E-state index contributed by atoms with van der Waals surface area (Å²) in [5.41, 5.74) is 0.00909. The van der Waals surface area contributed by atoms with Crippen LogP contribution in [0.2, 0.25) is 0 Å². The van der Waals surface area contributed by atoms with E-state index in [2.05, 4.69) is 33.2 Å². The molecule has 136 valence electrons. The average molecular weight is 380 g/mol. The molecule has 3 heterocycles. The molecule has 0 N–H and O–H groups in total. The molecule has 0 saturated carbocycles. The van der Waals surface area contributed by atoms with Crippen LogP contribution >= 0.6 is 21.2 Å². The summed E-state index contributed by atoms with van der Waals surface area (Å²) in [5.74, 6) is 0.537. The predicted molar refractivity (Wildman–Crippen MR) is 102 cm³/mol. The molecule has 1 spiro atoms. The second-order valence-electron chi connectivity index (χ2n) is 6.68. The molecular formula is C17H25N4O2PS. The summed E-state index contributed by atoms with van der Waals surface area (Å²) < 4.78 is 1.61. The summed E-state index contributed by atoms with van der Waals surface area (Å²) in [7, 11) is 2.46. The minimum atomic E-state index is -0.954. The van der Waals surface area contributed by atoms with E-state index in [1.807, 2.05) is 17.4 Å². The second kappa shape index (κ2) is 7.20. The molecule has 1 aromatic heterocycles.